The number of hydrogen-bond acceptors (Lipinski definition) is 6. The van der Waals surface area contributed by atoms with Gasteiger partial charge in [-0.2, -0.15) is 0 Å². The molecule has 0 saturated carbocycles. The average Bonchev–Trinajstić information content (AvgIpc) is 2.62. The number of aromatic nitrogens is 1. The van der Waals surface area contributed by atoms with Crippen LogP contribution in [0.25, 0.3) is 0 Å². The number of Topliss-reactive ketones (excluding diaryl/α,β-unsaturated/α-hetero) is 1. The zero-order valence-corrected chi connectivity index (χ0v) is 15.5. The number of benzene rings is 1. The fourth-order valence-corrected chi connectivity index (χ4v) is 2.86. The van der Waals surface area contributed by atoms with Crippen molar-refractivity contribution in [3.63, 3.8) is 0 Å². The predicted octanol–water partition coefficient (Wildman–Crippen LogP) is 3.27. The standard InChI is InChI=1S/C20H23NO5/c1-5-26-20(24)18-15(21-12(2)19(23)17(18)13(3)22)11-10-14-8-6-7-9-16(14)25-4/h6-9,23H,5,10-11H2,1-4H3. The van der Waals surface area contributed by atoms with E-state index < -0.39 is 11.8 Å². The van der Waals surface area contributed by atoms with Crippen molar-refractivity contribution in [1.29, 1.82) is 0 Å². The Morgan fingerprint density at radius 2 is 1.85 bits per heavy atom. The van der Waals surface area contributed by atoms with Gasteiger partial charge in [0.2, 0.25) is 0 Å². The molecular weight excluding hydrogens is 334 g/mol. The Bertz CT molecular complexity index is 829. The van der Waals surface area contributed by atoms with Crippen LogP contribution >= 0.6 is 0 Å². The fraction of sp³-hybridized carbons (Fsp3) is 0.350. The van der Waals surface area contributed by atoms with Crippen LogP contribution in [0.5, 0.6) is 11.5 Å². The highest BCUT2D eigenvalue weighted by Gasteiger charge is 2.26. The van der Waals surface area contributed by atoms with Gasteiger partial charge in [-0.1, -0.05) is 18.2 Å². The van der Waals surface area contributed by atoms with Gasteiger partial charge < -0.3 is 14.6 Å². The lowest BCUT2D eigenvalue weighted by molar-refractivity contribution is 0.0520. The molecule has 6 heteroatoms. The Morgan fingerprint density at radius 1 is 1.15 bits per heavy atom. The molecular formula is C20H23NO5. The van der Waals surface area contributed by atoms with Gasteiger partial charge in [-0.3, -0.25) is 9.78 Å². The first-order chi connectivity index (χ1) is 12.4. The molecule has 6 nitrogen and oxygen atoms in total. The third-order valence-corrected chi connectivity index (χ3v) is 4.08. The van der Waals surface area contributed by atoms with Crippen LogP contribution in [0.3, 0.4) is 0 Å². The summed E-state index contributed by atoms with van der Waals surface area (Å²) in [4.78, 5) is 28.8. The number of rotatable bonds is 7. The van der Waals surface area contributed by atoms with Crippen LogP contribution in [0.4, 0.5) is 0 Å². The number of carbonyl (C=O) groups excluding carboxylic acids is 2. The van der Waals surface area contributed by atoms with Gasteiger partial charge in [0.1, 0.15) is 11.5 Å². The molecule has 0 atom stereocenters. The zero-order chi connectivity index (χ0) is 19.3. The maximum atomic E-state index is 12.4. The van der Waals surface area contributed by atoms with E-state index in [1.807, 2.05) is 24.3 Å². The van der Waals surface area contributed by atoms with Crippen molar-refractivity contribution in [3.8, 4) is 11.5 Å². The number of ether oxygens (including phenoxy) is 2. The van der Waals surface area contributed by atoms with Gasteiger partial charge in [0.25, 0.3) is 0 Å². The van der Waals surface area contributed by atoms with Gasteiger partial charge in [-0.25, -0.2) is 4.79 Å². The second-order valence-electron chi connectivity index (χ2n) is 5.83. The molecule has 1 heterocycles. The van der Waals surface area contributed by atoms with E-state index in [4.69, 9.17) is 9.47 Å². The summed E-state index contributed by atoms with van der Waals surface area (Å²) in [7, 11) is 1.60. The van der Waals surface area contributed by atoms with Gasteiger partial charge in [0.05, 0.1) is 36.2 Å². The van der Waals surface area contributed by atoms with Gasteiger partial charge in [0.15, 0.2) is 5.78 Å². The number of esters is 1. The maximum Gasteiger partial charge on any atom is 0.340 e. The molecule has 0 amide bonds. The maximum absolute atomic E-state index is 12.4. The molecule has 1 aromatic carbocycles. The molecule has 0 fully saturated rings. The second kappa shape index (κ2) is 8.47. The molecule has 2 rings (SSSR count). The van der Waals surface area contributed by atoms with E-state index >= 15 is 0 Å². The van der Waals surface area contributed by atoms with E-state index in [2.05, 4.69) is 4.98 Å². The highest BCUT2D eigenvalue weighted by molar-refractivity contribution is 6.08. The molecule has 26 heavy (non-hydrogen) atoms. The summed E-state index contributed by atoms with van der Waals surface area (Å²) in [6, 6.07) is 7.57. The summed E-state index contributed by atoms with van der Waals surface area (Å²) >= 11 is 0. The van der Waals surface area contributed by atoms with Gasteiger partial charge in [-0.15, -0.1) is 0 Å². The fourth-order valence-electron chi connectivity index (χ4n) is 2.86. The van der Waals surface area contributed by atoms with E-state index in [1.54, 1.807) is 21.0 Å². The Labute approximate surface area is 152 Å². The molecule has 0 spiro atoms. The monoisotopic (exact) mass is 357 g/mol. The van der Waals surface area contributed by atoms with Crippen LogP contribution < -0.4 is 4.74 Å². The number of para-hydroxylation sites is 1. The predicted molar refractivity (Wildman–Crippen MR) is 97.0 cm³/mol. The molecule has 2 aromatic rings. The van der Waals surface area contributed by atoms with Crippen molar-refractivity contribution in [2.75, 3.05) is 13.7 Å². The zero-order valence-electron chi connectivity index (χ0n) is 15.5. The third kappa shape index (κ3) is 4.02. The lowest BCUT2D eigenvalue weighted by Gasteiger charge is -2.15. The van der Waals surface area contributed by atoms with E-state index in [9.17, 15) is 14.7 Å². The van der Waals surface area contributed by atoms with Crippen LogP contribution in [0.1, 0.15) is 51.5 Å². The first-order valence-electron chi connectivity index (χ1n) is 8.43. The van der Waals surface area contributed by atoms with Gasteiger partial charge in [-0.05, 0) is 45.2 Å². The molecule has 1 aromatic heterocycles. The Morgan fingerprint density at radius 3 is 2.46 bits per heavy atom. The van der Waals surface area contributed by atoms with E-state index in [0.717, 1.165) is 11.3 Å². The average molecular weight is 357 g/mol. The minimum atomic E-state index is -0.657. The number of hydrogen-bond donors (Lipinski definition) is 1. The van der Waals surface area contributed by atoms with Crippen LogP contribution in [0, 0.1) is 6.92 Å². The van der Waals surface area contributed by atoms with E-state index in [-0.39, 0.29) is 23.5 Å². The molecule has 0 aliphatic heterocycles. The van der Waals surface area contributed by atoms with Crippen LogP contribution in [-0.4, -0.2) is 35.6 Å². The van der Waals surface area contributed by atoms with Crippen LogP contribution in [-0.2, 0) is 17.6 Å². The highest BCUT2D eigenvalue weighted by Crippen LogP contribution is 2.29. The SMILES string of the molecule is CCOC(=O)c1c(CCc2ccccc2OC)nc(C)c(O)c1C(C)=O. The van der Waals surface area contributed by atoms with Crippen molar-refractivity contribution in [2.45, 2.75) is 33.6 Å². The smallest absolute Gasteiger partial charge is 0.340 e. The number of nitrogens with zero attached hydrogens (tertiary/aromatic N) is 1. The summed E-state index contributed by atoms with van der Waals surface area (Å²) in [5, 5.41) is 10.2. The number of aromatic hydroxyl groups is 1. The lowest BCUT2D eigenvalue weighted by Crippen LogP contribution is -2.17. The van der Waals surface area contributed by atoms with Gasteiger partial charge in [0, 0.05) is 0 Å². The Kier molecular flexibility index (Phi) is 6.33. The van der Waals surface area contributed by atoms with Crippen molar-refractivity contribution in [3.05, 3.63) is 52.3 Å². The first-order valence-corrected chi connectivity index (χ1v) is 8.43. The van der Waals surface area contributed by atoms with Crippen molar-refractivity contribution in [2.24, 2.45) is 0 Å². The lowest BCUT2D eigenvalue weighted by atomic mass is 9.96. The summed E-state index contributed by atoms with van der Waals surface area (Å²) in [5.74, 6) is -0.598. The van der Waals surface area contributed by atoms with E-state index in [0.29, 0.717) is 24.2 Å². The quantitative estimate of drug-likeness (QED) is 0.605. The third-order valence-electron chi connectivity index (χ3n) is 4.08. The summed E-state index contributed by atoms with van der Waals surface area (Å²) in [5.41, 5.74) is 1.69. The van der Waals surface area contributed by atoms with E-state index in [1.165, 1.54) is 6.92 Å². The largest absolute Gasteiger partial charge is 0.505 e. The first kappa shape index (κ1) is 19.4. The number of pyridine rings is 1. The topological polar surface area (TPSA) is 85.7 Å². The molecule has 0 radical (unpaired) electrons. The minimum Gasteiger partial charge on any atom is -0.505 e. The number of aryl methyl sites for hydroxylation is 3. The molecule has 0 aliphatic rings. The van der Waals surface area contributed by atoms with Crippen LogP contribution in [0.15, 0.2) is 24.3 Å². The molecule has 0 aliphatic carbocycles. The summed E-state index contributed by atoms with van der Waals surface area (Å²) in [6.45, 7) is 4.75. The van der Waals surface area contributed by atoms with Crippen LogP contribution in [0.2, 0.25) is 0 Å². The molecule has 0 saturated heterocycles. The summed E-state index contributed by atoms with van der Waals surface area (Å²) in [6.07, 6.45) is 0.959. The molecule has 0 bridgehead atoms. The summed E-state index contributed by atoms with van der Waals surface area (Å²) < 4.78 is 10.4. The highest BCUT2D eigenvalue weighted by atomic mass is 16.5. The second-order valence-corrected chi connectivity index (χ2v) is 5.83. The molecule has 138 valence electrons. The number of methoxy groups -OCH3 is 1. The van der Waals surface area contributed by atoms with Crippen molar-refractivity contribution in [1.82, 2.24) is 4.98 Å². The van der Waals surface area contributed by atoms with Crippen molar-refractivity contribution < 1.29 is 24.2 Å². The normalized spacial score (nSPS) is 10.5. The van der Waals surface area contributed by atoms with Crippen molar-refractivity contribution >= 4 is 11.8 Å². The molecule has 1 N–H and O–H groups in total. The minimum absolute atomic E-state index is 0.0361. The molecule has 0 unspecified atom stereocenters. The number of carbonyl (C=O) groups is 2. The Balaban J connectivity index is 2.49. The van der Waals surface area contributed by atoms with Gasteiger partial charge >= 0.3 is 5.97 Å². The number of ketones is 1. The Hall–Kier alpha value is -2.89.